The van der Waals surface area contributed by atoms with E-state index in [0.717, 1.165) is 19.3 Å². The van der Waals surface area contributed by atoms with Gasteiger partial charge in [0.1, 0.15) is 0 Å². The first kappa shape index (κ1) is 18.8. The van der Waals surface area contributed by atoms with Crippen molar-refractivity contribution in [1.29, 1.82) is 0 Å². The average Bonchev–Trinajstić information content (AvgIpc) is 2.50. The third-order valence-electron chi connectivity index (χ3n) is 3.77. The molecule has 0 saturated carbocycles. The second-order valence-electron chi connectivity index (χ2n) is 5.24. The number of nitrogens with two attached hydrogens (primary N) is 1. The summed E-state index contributed by atoms with van der Waals surface area (Å²) in [4.78, 5) is 0. The van der Waals surface area contributed by atoms with E-state index in [1.807, 2.05) is 0 Å². The molecule has 1 aliphatic heterocycles. The van der Waals surface area contributed by atoms with Crippen molar-refractivity contribution >= 4 is 10.2 Å². The Hall–Kier alpha value is -0.250. The molecule has 1 rings (SSSR count). The van der Waals surface area contributed by atoms with Gasteiger partial charge in [0.15, 0.2) is 0 Å². The Morgan fingerprint density at radius 1 is 1.19 bits per heavy atom. The van der Waals surface area contributed by atoms with Crippen LogP contribution in [-0.2, 0) is 19.7 Å². The predicted molar refractivity (Wildman–Crippen MR) is 82.3 cm³/mol. The summed E-state index contributed by atoms with van der Waals surface area (Å²) in [5.41, 5.74) is 5.74. The zero-order valence-corrected chi connectivity index (χ0v) is 14.0. The fraction of sp³-hybridized carbons (Fsp3) is 1.00. The van der Waals surface area contributed by atoms with Gasteiger partial charge in [-0.2, -0.15) is 17.0 Å². The Kier molecular flexibility index (Phi) is 8.69. The van der Waals surface area contributed by atoms with E-state index in [2.05, 4.69) is 0 Å². The molecule has 126 valence electrons. The third kappa shape index (κ3) is 5.46. The van der Waals surface area contributed by atoms with Gasteiger partial charge in [0.2, 0.25) is 0 Å². The number of ether oxygens (including phenoxy) is 2. The minimum absolute atomic E-state index is 0.0868. The van der Waals surface area contributed by atoms with Gasteiger partial charge in [-0.05, 0) is 19.3 Å². The van der Waals surface area contributed by atoms with Crippen LogP contribution in [0.5, 0.6) is 0 Å². The van der Waals surface area contributed by atoms with E-state index in [1.165, 1.54) is 4.31 Å². The van der Waals surface area contributed by atoms with Crippen molar-refractivity contribution in [1.82, 2.24) is 8.61 Å². The molecule has 0 radical (unpaired) electrons. The highest BCUT2D eigenvalue weighted by Crippen LogP contribution is 2.22. The van der Waals surface area contributed by atoms with Crippen LogP contribution in [0.25, 0.3) is 0 Å². The molecule has 0 aliphatic carbocycles. The number of rotatable bonds is 10. The first-order valence-electron chi connectivity index (χ1n) is 7.52. The van der Waals surface area contributed by atoms with Crippen molar-refractivity contribution in [2.24, 2.45) is 5.73 Å². The highest BCUT2D eigenvalue weighted by molar-refractivity contribution is 7.86. The molecule has 1 saturated heterocycles. The smallest absolute Gasteiger partial charge is 0.282 e. The fourth-order valence-corrected chi connectivity index (χ4v) is 4.47. The largest absolute Gasteiger partial charge is 0.385 e. The van der Waals surface area contributed by atoms with E-state index in [9.17, 15) is 8.42 Å². The number of piperidine rings is 1. The van der Waals surface area contributed by atoms with Crippen LogP contribution in [0.15, 0.2) is 0 Å². The monoisotopic (exact) mass is 323 g/mol. The molecule has 0 bridgehead atoms. The maximum absolute atomic E-state index is 12.9. The lowest BCUT2D eigenvalue weighted by Crippen LogP contribution is -2.53. The molecular weight excluding hydrogens is 294 g/mol. The summed E-state index contributed by atoms with van der Waals surface area (Å²) in [6.45, 7) is 2.64. The van der Waals surface area contributed by atoms with E-state index in [0.29, 0.717) is 45.8 Å². The highest BCUT2D eigenvalue weighted by atomic mass is 32.2. The minimum atomic E-state index is -3.49. The topological polar surface area (TPSA) is 85.1 Å². The van der Waals surface area contributed by atoms with Crippen molar-refractivity contribution in [2.45, 2.75) is 31.7 Å². The summed E-state index contributed by atoms with van der Waals surface area (Å²) in [5.74, 6) is 0. The van der Waals surface area contributed by atoms with Crippen molar-refractivity contribution in [3.8, 4) is 0 Å². The maximum atomic E-state index is 12.9. The molecule has 1 unspecified atom stereocenters. The van der Waals surface area contributed by atoms with Crippen LogP contribution in [0.3, 0.4) is 0 Å². The fourth-order valence-electron chi connectivity index (χ4n) is 2.58. The summed E-state index contributed by atoms with van der Waals surface area (Å²) in [6, 6.07) is -0.0868. The van der Waals surface area contributed by atoms with Crippen molar-refractivity contribution in [2.75, 3.05) is 53.6 Å². The zero-order valence-electron chi connectivity index (χ0n) is 13.2. The van der Waals surface area contributed by atoms with Gasteiger partial charge in [-0.15, -0.1) is 0 Å². The van der Waals surface area contributed by atoms with E-state index in [1.54, 1.807) is 18.5 Å². The normalized spacial score (nSPS) is 21.0. The molecule has 1 atom stereocenters. The Labute approximate surface area is 128 Å². The molecule has 0 spiro atoms. The highest BCUT2D eigenvalue weighted by Gasteiger charge is 2.35. The van der Waals surface area contributed by atoms with Crippen LogP contribution in [-0.4, -0.2) is 76.7 Å². The molecule has 0 aromatic carbocycles. The Morgan fingerprint density at radius 3 is 2.52 bits per heavy atom. The van der Waals surface area contributed by atoms with Crippen LogP contribution in [0.2, 0.25) is 0 Å². The van der Waals surface area contributed by atoms with Crippen LogP contribution in [0, 0.1) is 0 Å². The van der Waals surface area contributed by atoms with Crippen LogP contribution in [0.1, 0.15) is 25.7 Å². The average molecular weight is 323 g/mol. The molecule has 8 heteroatoms. The molecule has 21 heavy (non-hydrogen) atoms. The van der Waals surface area contributed by atoms with Crippen molar-refractivity contribution in [3.63, 3.8) is 0 Å². The van der Waals surface area contributed by atoms with Crippen LogP contribution < -0.4 is 5.73 Å². The van der Waals surface area contributed by atoms with E-state index < -0.39 is 10.2 Å². The van der Waals surface area contributed by atoms with Gasteiger partial charge >= 0.3 is 0 Å². The van der Waals surface area contributed by atoms with Gasteiger partial charge in [0.05, 0.1) is 6.61 Å². The predicted octanol–water partition coefficient (Wildman–Crippen LogP) is 0.0293. The second-order valence-corrected chi connectivity index (χ2v) is 7.12. The molecule has 0 aromatic rings. The van der Waals surface area contributed by atoms with E-state index in [-0.39, 0.29) is 6.04 Å². The molecule has 2 N–H and O–H groups in total. The summed E-state index contributed by atoms with van der Waals surface area (Å²) in [6.07, 6.45) is 3.44. The van der Waals surface area contributed by atoms with Gasteiger partial charge in [0.25, 0.3) is 10.2 Å². The number of hydrogen-bond acceptors (Lipinski definition) is 5. The zero-order chi connectivity index (χ0) is 15.7. The summed E-state index contributed by atoms with van der Waals surface area (Å²) in [5, 5.41) is 0. The van der Waals surface area contributed by atoms with Crippen molar-refractivity contribution in [3.05, 3.63) is 0 Å². The van der Waals surface area contributed by atoms with Gasteiger partial charge in [-0.25, -0.2) is 0 Å². The first-order valence-corrected chi connectivity index (χ1v) is 8.92. The van der Waals surface area contributed by atoms with Crippen molar-refractivity contribution < 1.29 is 17.9 Å². The molecule has 1 fully saturated rings. The number of methoxy groups -OCH3 is 2. The standard InChI is InChI=1S/C13H29N3O4S/c1-19-10-5-7-15(9-11-20-2)21(17,18)16-8-4-3-6-13(16)12-14/h13H,3-12,14H2,1-2H3. The molecule has 0 amide bonds. The van der Waals surface area contributed by atoms with Crippen LogP contribution >= 0.6 is 0 Å². The second kappa shape index (κ2) is 9.70. The van der Waals surface area contributed by atoms with E-state index >= 15 is 0 Å². The Morgan fingerprint density at radius 2 is 1.90 bits per heavy atom. The molecule has 7 nitrogen and oxygen atoms in total. The summed E-state index contributed by atoms with van der Waals surface area (Å²) < 4.78 is 38.8. The minimum Gasteiger partial charge on any atom is -0.385 e. The van der Waals surface area contributed by atoms with Gasteiger partial charge in [-0.1, -0.05) is 6.42 Å². The Bertz CT molecular complexity index is 378. The lowest BCUT2D eigenvalue weighted by Gasteiger charge is -2.37. The summed E-state index contributed by atoms with van der Waals surface area (Å²) in [7, 11) is -0.300. The quantitative estimate of drug-likeness (QED) is 0.573. The van der Waals surface area contributed by atoms with Gasteiger partial charge in [-0.3, -0.25) is 0 Å². The number of nitrogens with zero attached hydrogens (tertiary/aromatic N) is 2. The molecule has 1 aliphatic rings. The SMILES string of the molecule is COCCCN(CCOC)S(=O)(=O)N1CCCCC1CN. The molecule has 1 heterocycles. The Balaban J connectivity index is 2.79. The van der Waals surface area contributed by atoms with Gasteiger partial charge < -0.3 is 15.2 Å². The maximum Gasteiger partial charge on any atom is 0.282 e. The van der Waals surface area contributed by atoms with E-state index in [4.69, 9.17) is 15.2 Å². The van der Waals surface area contributed by atoms with Crippen LogP contribution in [0.4, 0.5) is 0 Å². The summed E-state index contributed by atoms with van der Waals surface area (Å²) >= 11 is 0. The lowest BCUT2D eigenvalue weighted by atomic mass is 10.1. The lowest BCUT2D eigenvalue weighted by molar-refractivity contribution is 0.157. The van der Waals surface area contributed by atoms with Gasteiger partial charge in [0, 0.05) is 53.0 Å². The molecule has 0 aromatic heterocycles. The molecular formula is C13H29N3O4S. The third-order valence-corrected chi connectivity index (χ3v) is 5.86. The first-order chi connectivity index (χ1) is 10.1. The number of hydrogen-bond donors (Lipinski definition) is 1.